The molecule has 1 fully saturated rings. The minimum absolute atomic E-state index is 0.0298. The van der Waals surface area contributed by atoms with Crippen molar-refractivity contribution >= 4 is 5.91 Å². The number of nitrogens with one attached hydrogen (secondary N) is 1. The molecule has 0 radical (unpaired) electrons. The smallest absolute Gasteiger partial charge is 0.376 e. The summed E-state index contributed by atoms with van der Waals surface area (Å²) in [5, 5.41) is 2.84. The second-order valence-electron chi connectivity index (χ2n) is 5.97. The normalized spacial score (nSPS) is 17.5. The highest BCUT2D eigenvalue weighted by Crippen LogP contribution is 2.31. The zero-order valence-electron chi connectivity index (χ0n) is 13.5. The van der Waals surface area contributed by atoms with E-state index in [2.05, 4.69) is 5.32 Å². The number of ether oxygens (including phenoxy) is 1. The van der Waals surface area contributed by atoms with Crippen molar-refractivity contribution in [2.24, 2.45) is 0 Å². The Labute approximate surface area is 143 Å². The second-order valence-corrected chi connectivity index (χ2v) is 5.97. The van der Waals surface area contributed by atoms with Crippen molar-refractivity contribution in [2.45, 2.75) is 25.1 Å². The van der Waals surface area contributed by atoms with Gasteiger partial charge in [0, 0.05) is 18.7 Å². The van der Waals surface area contributed by atoms with Crippen LogP contribution < -0.4 is 5.32 Å². The highest BCUT2D eigenvalue weighted by molar-refractivity contribution is 6.00. The first kappa shape index (κ1) is 17.5. The van der Waals surface area contributed by atoms with Crippen LogP contribution in [0.25, 0.3) is 11.1 Å². The first-order chi connectivity index (χ1) is 11.9. The van der Waals surface area contributed by atoms with E-state index < -0.39 is 11.7 Å². The zero-order chi connectivity index (χ0) is 17.9. The molecule has 0 spiro atoms. The van der Waals surface area contributed by atoms with Crippen molar-refractivity contribution in [1.29, 1.82) is 0 Å². The van der Waals surface area contributed by atoms with Crippen molar-refractivity contribution in [3.63, 3.8) is 0 Å². The van der Waals surface area contributed by atoms with Gasteiger partial charge in [0.15, 0.2) is 0 Å². The van der Waals surface area contributed by atoms with Gasteiger partial charge in [0.1, 0.15) is 0 Å². The van der Waals surface area contributed by atoms with Crippen LogP contribution in [0.5, 0.6) is 0 Å². The highest BCUT2D eigenvalue weighted by Gasteiger charge is 2.30. The molecule has 3 rings (SSSR count). The minimum Gasteiger partial charge on any atom is -0.376 e. The fourth-order valence-electron chi connectivity index (χ4n) is 2.88. The average Bonchev–Trinajstić information content (AvgIpc) is 3.12. The Morgan fingerprint density at radius 2 is 1.84 bits per heavy atom. The van der Waals surface area contributed by atoms with Crippen LogP contribution in [0.4, 0.5) is 13.2 Å². The van der Waals surface area contributed by atoms with Crippen LogP contribution in [0.2, 0.25) is 0 Å². The van der Waals surface area contributed by atoms with E-state index in [9.17, 15) is 18.0 Å². The van der Waals surface area contributed by atoms with Crippen LogP contribution >= 0.6 is 0 Å². The Hall–Kier alpha value is -2.34. The van der Waals surface area contributed by atoms with Crippen molar-refractivity contribution in [1.82, 2.24) is 5.32 Å². The summed E-state index contributed by atoms with van der Waals surface area (Å²) >= 11 is 0. The third kappa shape index (κ3) is 4.20. The minimum atomic E-state index is -4.38. The number of alkyl halides is 3. The third-order valence-corrected chi connectivity index (χ3v) is 4.21. The molecule has 1 aliphatic heterocycles. The third-order valence-electron chi connectivity index (χ3n) is 4.21. The quantitative estimate of drug-likeness (QED) is 0.895. The molecule has 2 aromatic carbocycles. The largest absolute Gasteiger partial charge is 0.416 e. The van der Waals surface area contributed by atoms with Crippen molar-refractivity contribution in [3.8, 4) is 11.1 Å². The summed E-state index contributed by atoms with van der Waals surface area (Å²) in [6.07, 6.45) is -2.44. The molecule has 1 heterocycles. The predicted octanol–water partition coefficient (Wildman–Crippen LogP) is 4.28. The maximum atomic E-state index is 12.7. The van der Waals surface area contributed by atoms with E-state index in [4.69, 9.17) is 4.74 Å². The molecule has 0 aromatic heterocycles. The number of amides is 1. The first-order valence-corrected chi connectivity index (χ1v) is 8.11. The molecule has 1 amide bonds. The molecule has 1 unspecified atom stereocenters. The van der Waals surface area contributed by atoms with Gasteiger partial charge in [0.2, 0.25) is 0 Å². The van der Waals surface area contributed by atoms with Gasteiger partial charge >= 0.3 is 6.18 Å². The summed E-state index contributed by atoms with van der Waals surface area (Å²) in [7, 11) is 0. The summed E-state index contributed by atoms with van der Waals surface area (Å²) in [6, 6.07) is 11.7. The zero-order valence-corrected chi connectivity index (χ0v) is 13.5. The highest BCUT2D eigenvalue weighted by atomic mass is 19.4. The van der Waals surface area contributed by atoms with E-state index in [-0.39, 0.29) is 12.0 Å². The van der Waals surface area contributed by atoms with E-state index in [1.165, 1.54) is 12.1 Å². The Morgan fingerprint density at radius 1 is 1.12 bits per heavy atom. The van der Waals surface area contributed by atoms with E-state index in [0.29, 0.717) is 29.8 Å². The van der Waals surface area contributed by atoms with Crippen molar-refractivity contribution < 1.29 is 22.7 Å². The topological polar surface area (TPSA) is 38.3 Å². The van der Waals surface area contributed by atoms with Crippen LogP contribution in [0.1, 0.15) is 28.8 Å². The molecule has 0 aliphatic carbocycles. The van der Waals surface area contributed by atoms with E-state index in [1.54, 1.807) is 24.3 Å². The molecule has 0 bridgehead atoms. The Kier molecular flexibility index (Phi) is 5.08. The summed E-state index contributed by atoms with van der Waals surface area (Å²) in [5.74, 6) is -0.258. The molecule has 0 saturated carbocycles. The molecule has 2 aromatic rings. The van der Waals surface area contributed by atoms with Crippen LogP contribution in [0.3, 0.4) is 0 Å². The van der Waals surface area contributed by atoms with E-state index >= 15 is 0 Å². The molecule has 1 saturated heterocycles. The summed E-state index contributed by atoms with van der Waals surface area (Å²) < 4.78 is 43.6. The van der Waals surface area contributed by atoms with Gasteiger partial charge in [-0.15, -0.1) is 0 Å². The van der Waals surface area contributed by atoms with Gasteiger partial charge in [-0.2, -0.15) is 13.2 Å². The molecular formula is C19H18F3NO2. The molecule has 6 heteroatoms. The monoisotopic (exact) mass is 349 g/mol. The van der Waals surface area contributed by atoms with Gasteiger partial charge in [-0.1, -0.05) is 30.3 Å². The molecule has 3 nitrogen and oxygen atoms in total. The van der Waals surface area contributed by atoms with Crippen LogP contribution in [0.15, 0.2) is 48.5 Å². The molecule has 1 atom stereocenters. The summed E-state index contributed by atoms with van der Waals surface area (Å²) in [4.78, 5) is 12.5. The standard InChI is InChI=1S/C19H18F3NO2/c20-19(21,22)14-9-7-13(8-10-14)16-5-1-2-6-17(16)18(24)23-12-15-4-3-11-25-15/h1-2,5-10,15H,3-4,11-12H2,(H,23,24). The lowest BCUT2D eigenvalue weighted by atomic mass is 9.98. The van der Waals surface area contributed by atoms with Gasteiger partial charge in [-0.3, -0.25) is 4.79 Å². The lowest BCUT2D eigenvalue weighted by Gasteiger charge is -2.14. The first-order valence-electron chi connectivity index (χ1n) is 8.11. The molecule has 1 aliphatic rings. The predicted molar refractivity (Wildman–Crippen MR) is 88.2 cm³/mol. The SMILES string of the molecule is O=C(NCC1CCCO1)c1ccccc1-c1ccc(C(F)(F)F)cc1. The van der Waals surface area contributed by atoms with Gasteiger partial charge in [0.05, 0.1) is 11.7 Å². The Balaban J connectivity index is 1.79. The Morgan fingerprint density at radius 3 is 2.48 bits per heavy atom. The number of halogens is 3. The second kappa shape index (κ2) is 7.27. The van der Waals surface area contributed by atoms with Crippen LogP contribution in [-0.2, 0) is 10.9 Å². The van der Waals surface area contributed by atoms with Crippen LogP contribution in [0, 0.1) is 0 Å². The number of hydrogen-bond acceptors (Lipinski definition) is 2. The maximum absolute atomic E-state index is 12.7. The summed E-state index contributed by atoms with van der Waals surface area (Å²) in [6.45, 7) is 1.14. The number of hydrogen-bond donors (Lipinski definition) is 1. The number of carbonyl (C=O) groups is 1. The van der Waals surface area contributed by atoms with Gasteiger partial charge in [-0.25, -0.2) is 0 Å². The number of carbonyl (C=O) groups excluding carboxylic acids is 1. The molecular weight excluding hydrogens is 331 g/mol. The lowest BCUT2D eigenvalue weighted by Crippen LogP contribution is -2.32. The van der Waals surface area contributed by atoms with Crippen molar-refractivity contribution in [2.75, 3.05) is 13.2 Å². The maximum Gasteiger partial charge on any atom is 0.416 e. The van der Waals surface area contributed by atoms with Gasteiger partial charge in [0.25, 0.3) is 5.91 Å². The van der Waals surface area contributed by atoms with Crippen molar-refractivity contribution in [3.05, 3.63) is 59.7 Å². The molecule has 25 heavy (non-hydrogen) atoms. The van der Waals surface area contributed by atoms with E-state index in [0.717, 1.165) is 25.0 Å². The molecule has 132 valence electrons. The lowest BCUT2D eigenvalue weighted by molar-refractivity contribution is -0.137. The van der Waals surface area contributed by atoms with Gasteiger partial charge in [-0.05, 0) is 42.2 Å². The summed E-state index contributed by atoms with van der Waals surface area (Å²) in [5.41, 5.74) is 0.883. The fraction of sp³-hybridized carbons (Fsp3) is 0.316. The Bertz CT molecular complexity index is 735. The fourth-order valence-corrected chi connectivity index (χ4v) is 2.88. The average molecular weight is 349 g/mol. The molecule has 1 N–H and O–H groups in total. The number of benzene rings is 2. The van der Waals surface area contributed by atoms with Gasteiger partial charge < -0.3 is 10.1 Å². The number of rotatable bonds is 4. The van der Waals surface area contributed by atoms with Crippen LogP contribution in [-0.4, -0.2) is 25.2 Å². The van der Waals surface area contributed by atoms with E-state index in [1.807, 2.05) is 0 Å².